The summed E-state index contributed by atoms with van der Waals surface area (Å²) >= 11 is 1.71. The van der Waals surface area contributed by atoms with E-state index in [9.17, 15) is 4.79 Å². The molecular formula is C12H18O2S. The Kier molecular flexibility index (Phi) is 6.28. The van der Waals surface area contributed by atoms with Gasteiger partial charge in [-0.3, -0.25) is 4.79 Å². The van der Waals surface area contributed by atoms with Gasteiger partial charge in [0, 0.05) is 24.3 Å². The van der Waals surface area contributed by atoms with E-state index in [0.29, 0.717) is 25.2 Å². The van der Waals surface area contributed by atoms with Gasteiger partial charge in [-0.1, -0.05) is 13.0 Å². The second-order valence-corrected chi connectivity index (χ2v) is 4.51. The van der Waals surface area contributed by atoms with Crippen LogP contribution in [-0.4, -0.2) is 19.0 Å². The number of Topliss-reactive ketones (excluding diaryl/α,β-unsaturated/α-hetero) is 1. The summed E-state index contributed by atoms with van der Waals surface area (Å²) in [5.74, 6) is 0.305. The molecule has 0 aliphatic heterocycles. The molecule has 0 spiro atoms. The molecule has 2 nitrogen and oxygen atoms in total. The van der Waals surface area contributed by atoms with Gasteiger partial charge >= 0.3 is 0 Å². The lowest BCUT2D eigenvalue weighted by Crippen LogP contribution is -2.05. The van der Waals surface area contributed by atoms with Crippen LogP contribution in [0.2, 0.25) is 0 Å². The molecule has 0 saturated heterocycles. The summed E-state index contributed by atoms with van der Waals surface area (Å²) in [6.45, 7) is 3.41. The minimum absolute atomic E-state index is 0.305. The Balaban J connectivity index is 2.04. The summed E-state index contributed by atoms with van der Waals surface area (Å²) in [5, 5.41) is 2.05. The molecule has 3 heteroatoms. The fourth-order valence-electron chi connectivity index (χ4n) is 1.27. The topological polar surface area (TPSA) is 26.3 Å². The molecule has 84 valence electrons. The molecule has 0 radical (unpaired) electrons. The SMILES string of the molecule is CCCOCCC(=O)CCc1cccs1. The molecule has 0 unspecified atom stereocenters. The van der Waals surface area contributed by atoms with Crippen LogP contribution < -0.4 is 0 Å². The van der Waals surface area contributed by atoms with Crippen molar-refractivity contribution in [3.8, 4) is 0 Å². The van der Waals surface area contributed by atoms with Crippen LogP contribution >= 0.6 is 11.3 Å². The standard InChI is InChI=1S/C12H18O2S/c1-2-8-14-9-7-11(13)5-6-12-4-3-10-15-12/h3-4,10H,2,5-9H2,1H3. The second kappa shape index (κ2) is 7.60. The summed E-state index contributed by atoms with van der Waals surface area (Å²) in [4.78, 5) is 12.7. The third-order valence-corrected chi connectivity index (χ3v) is 3.04. The summed E-state index contributed by atoms with van der Waals surface area (Å²) < 4.78 is 5.27. The maximum absolute atomic E-state index is 11.4. The van der Waals surface area contributed by atoms with Crippen molar-refractivity contribution in [2.24, 2.45) is 0 Å². The Morgan fingerprint density at radius 1 is 1.40 bits per heavy atom. The highest BCUT2D eigenvalue weighted by Gasteiger charge is 2.03. The van der Waals surface area contributed by atoms with Gasteiger partial charge in [-0.05, 0) is 24.3 Å². The van der Waals surface area contributed by atoms with Crippen LogP contribution in [0.1, 0.15) is 31.1 Å². The van der Waals surface area contributed by atoms with Gasteiger partial charge < -0.3 is 4.74 Å². The third-order valence-electron chi connectivity index (χ3n) is 2.10. The number of hydrogen-bond donors (Lipinski definition) is 0. The Labute approximate surface area is 95.3 Å². The molecule has 0 fully saturated rings. The molecule has 0 amide bonds. The highest BCUT2D eigenvalue weighted by molar-refractivity contribution is 7.09. The summed E-state index contributed by atoms with van der Waals surface area (Å²) in [5.41, 5.74) is 0. The zero-order chi connectivity index (χ0) is 10.9. The molecule has 0 N–H and O–H groups in total. The van der Waals surface area contributed by atoms with Gasteiger partial charge in [0.1, 0.15) is 5.78 Å². The number of rotatable bonds is 8. The minimum atomic E-state index is 0.305. The monoisotopic (exact) mass is 226 g/mol. The van der Waals surface area contributed by atoms with Crippen molar-refractivity contribution in [3.63, 3.8) is 0 Å². The van der Waals surface area contributed by atoms with E-state index in [4.69, 9.17) is 4.74 Å². The van der Waals surface area contributed by atoms with E-state index >= 15 is 0 Å². The van der Waals surface area contributed by atoms with Crippen molar-refractivity contribution in [1.29, 1.82) is 0 Å². The number of ketones is 1. The molecule has 0 atom stereocenters. The summed E-state index contributed by atoms with van der Waals surface area (Å²) in [6, 6.07) is 4.10. The summed E-state index contributed by atoms with van der Waals surface area (Å²) in [7, 11) is 0. The Morgan fingerprint density at radius 2 is 2.27 bits per heavy atom. The number of ether oxygens (including phenoxy) is 1. The van der Waals surface area contributed by atoms with Crippen LogP contribution in [0.3, 0.4) is 0 Å². The van der Waals surface area contributed by atoms with E-state index in [2.05, 4.69) is 13.0 Å². The highest BCUT2D eigenvalue weighted by Crippen LogP contribution is 2.11. The van der Waals surface area contributed by atoms with E-state index in [1.54, 1.807) is 11.3 Å². The van der Waals surface area contributed by atoms with Crippen molar-refractivity contribution in [3.05, 3.63) is 22.4 Å². The van der Waals surface area contributed by atoms with E-state index in [-0.39, 0.29) is 0 Å². The van der Waals surface area contributed by atoms with Gasteiger partial charge in [-0.15, -0.1) is 11.3 Å². The van der Waals surface area contributed by atoms with E-state index in [0.717, 1.165) is 19.4 Å². The lowest BCUT2D eigenvalue weighted by molar-refractivity contribution is -0.120. The molecule has 0 saturated carbocycles. The quantitative estimate of drug-likeness (QED) is 0.637. The molecule has 1 aromatic heterocycles. The average Bonchev–Trinajstić information content (AvgIpc) is 2.74. The van der Waals surface area contributed by atoms with Crippen LogP contribution in [0.5, 0.6) is 0 Å². The normalized spacial score (nSPS) is 10.5. The van der Waals surface area contributed by atoms with Crippen molar-refractivity contribution in [2.45, 2.75) is 32.6 Å². The first-order valence-electron chi connectivity index (χ1n) is 5.44. The third kappa shape index (κ3) is 5.70. The maximum atomic E-state index is 11.4. The predicted molar refractivity (Wildman–Crippen MR) is 63.4 cm³/mol. The van der Waals surface area contributed by atoms with E-state index < -0.39 is 0 Å². The number of thiophene rings is 1. The minimum Gasteiger partial charge on any atom is -0.381 e. The molecular weight excluding hydrogens is 208 g/mol. The number of aryl methyl sites for hydroxylation is 1. The van der Waals surface area contributed by atoms with E-state index in [1.165, 1.54) is 4.88 Å². The fourth-order valence-corrected chi connectivity index (χ4v) is 1.98. The van der Waals surface area contributed by atoms with Crippen molar-refractivity contribution in [1.82, 2.24) is 0 Å². The zero-order valence-corrected chi connectivity index (χ0v) is 10.0. The number of hydrogen-bond acceptors (Lipinski definition) is 3. The molecule has 15 heavy (non-hydrogen) atoms. The smallest absolute Gasteiger partial charge is 0.135 e. The van der Waals surface area contributed by atoms with E-state index in [1.807, 2.05) is 11.4 Å². The van der Waals surface area contributed by atoms with Crippen molar-refractivity contribution >= 4 is 17.1 Å². The first kappa shape index (κ1) is 12.4. The molecule has 0 aromatic carbocycles. The van der Waals surface area contributed by atoms with Crippen LogP contribution in [0.15, 0.2) is 17.5 Å². The lowest BCUT2D eigenvalue weighted by Gasteiger charge is -2.01. The Bertz CT molecular complexity index is 267. The molecule has 0 aliphatic carbocycles. The molecule has 0 bridgehead atoms. The molecule has 1 heterocycles. The van der Waals surface area contributed by atoms with Gasteiger partial charge in [0.25, 0.3) is 0 Å². The van der Waals surface area contributed by atoms with Crippen molar-refractivity contribution < 1.29 is 9.53 Å². The number of carbonyl (C=O) groups is 1. The van der Waals surface area contributed by atoms with Gasteiger partial charge in [0.2, 0.25) is 0 Å². The average molecular weight is 226 g/mol. The van der Waals surface area contributed by atoms with Crippen molar-refractivity contribution in [2.75, 3.05) is 13.2 Å². The van der Waals surface area contributed by atoms with Gasteiger partial charge in [-0.25, -0.2) is 0 Å². The Hall–Kier alpha value is -0.670. The second-order valence-electron chi connectivity index (χ2n) is 3.48. The first-order chi connectivity index (χ1) is 7.33. The first-order valence-corrected chi connectivity index (χ1v) is 6.32. The molecule has 0 aliphatic rings. The molecule has 1 rings (SSSR count). The van der Waals surface area contributed by atoms with Crippen LogP contribution in [0.4, 0.5) is 0 Å². The van der Waals surface area contributed by atoms with Crippen LogP contribution in [-0.2, 0) is 16.0 Å². The number of carbonyl (C=O) groups excluding carboxylic acids is 1. The largest absolute Gasteiger partial charge is 0.381 e. The summed E-state index contributed by atoms with van der Waals surface area (Å²) in [6.07, 6.45) is 3.11. The Morgan fingerprint density at radius 3 is 2.93 bits per heavy atom. The van der Waals surface area contributed by atoms with Crippen LogP contribution in [0, 0.1) is 0 Å². The van der Waals surface area contributed by atoms with Gasteiger partial charge in [0.15, 0.2) is 0 Å². The predicted octanol–water partition coefficient (Wildman–Crippen LogP) is 3.07. The fraction of sp³-hybridized carbons (Fsp3) is 0.583. The van der Waals surface area contributed by atoms with Gasteiger partial charge in [0.05, 0.1) is 6.61 Å². The molecule has 1 aromatic rings. The zero-order valence-electron chi connectivity index (χ0n) is 9.20. The van der Waals surface area contributed by atoms with Gasteiger partial charge in [-0.2, -0.15) is 0 Å². The highest BCUT2D eigenvalue weighted by atomic mass is 32.1. The van der Waals surface area contributed by atoms with Crippen LogP contribution in [0.25, 0.3) is 0 Å². The lowest BCUT2D eigenvalue weighted by atomic mass is 10.1. The maximum Gasteiger partial charge on any atom is 0.135 e.